The molecular formula is C7H4BrNO4. The van der Waals surface area contributed by atoms with Crippen LogP contribution in [0, 0.1) is 10.1 Å². The van der Waals surface area contributed by atoms with E-state index in [0.29, 0.717) is 10.8 Å². The fourth-order valence-electron chi connectivity index (χ4n) is 0.804. The average Bonchev–Trinajstić information content (AvgIpc) is 2.03. The quantitative estimate of drug-likeness (QED) is 0.490. The van der Waals surface area contributed by atoms with Gasteiger partial charge in [-0.15, -0.1) is 0 Å². The molecule has 0 aliphatic rings. The highest BCUT2D eigenvalue weighted by molar-refractivity contribution is 9.10. The lowest BCUT2D eigenvalue weighted by Crippen LogP contribution is -1.91. The lowest BCUT2D eigenvalue weighted by atomic mass is 10.2. The third kappa shape index (κ3) is 1.83. The molecule has 5 nitrogen and oxygen atoms in total. The van der Waals surface area contributed by atoms with Gasteiger partial charge in [0.15, 0.2) is 12.0 Å². The predicted molar refractivity (Wildman–Crippen MR) is 47.8 cm³/mol. The largest absolute Gasteiger partial charge is 0.502 e. The molecule has 0 amide bonds. The molecule has 0 aromatic heterocycles. The molecule has 0 heterocycles. The van der Waals surface area contributed by atoms with E-state index in [9.17, 15) is 14.9 Å². The van der Waals surface area contributed by atoms with E-state index in [0.717, 1.165) is 12.1 Å². The summed E-state index contributed by atoms with van der Waals surface area (Å²) in [4.78, 5) is 19.9. The fraction of sp³-hybridized carbons (Fsp3) is 0. The van der Waals surface area contributed by atoms with Gasteiger partial charge in [0.2, 0.25) is 0 Å². The van der Waals surface area contributed by atoms with Gasteiger partial charge >= 0.3 is 5.69 Å². The van der Waals surface area contributed by atoms with E-state index in [1.807, 2.05) is 0 Å². The molecule has 0 aliphatic heterocycles. The first kappa shape index (κ1) is 9.66. The highest BCUT2D eigenvalue weighted by Gasteiger charge is 2.15. The number of nitro groups is 1. The summed E-state index contributed by atoms with van der Waals surface area (Å²) < 4.78 is 0.325. The second-order valence-electron chi connectivity index (χ2n) is 2.24. The van der Waals surface area contributed by atoms with E-state index >= 15 is 0 Å². The molecular weight excluding hydrogens is 242 g/mol. The zero-order valence-corrected chi connectivity index (χ0v) is 7.82. The lowest BCUT2D eigenvalue weighted by molar-refractivity contribution is -0.385. The van der Waals surface area contributed by atoms with Crippen LogP contribution in [0.2, 0.25) is 0 Å². The number of nitrogens with zero attached hydrogens (tertiary/aromatic N) is 1. The predicted octanol–water partition coefficient (Wildman–Crippen LogP) is 1.88. The van der Waals surface area contributed by atoms with E-state index in [1.165, 1.54) is 0 Å². The molecule has 0 bridgehead atoms. The van der Waals surface area contributed by atoms with Crippen LogP contribution >= 0.6 is 15.9 Å². The summed E-state index contributed by atoms with van der Waals surface area (Å²) in [6, 6.07) is 2.12. The maximum Gasteiger partial charge on any atom is 0.311 e. The number of benzene rings is 1. The molecule has 0 saturated carbocycles. The van der Waals surface area contributed by atoms with E-state index in [4.69, 9.17) is 5.11 Å². The Labute approximate surface area is 81.3 Å². The monoisotopic (exact) mass is 245 g/mol. The Balaban J connectivity index is 3.38. The number of aldehydes is 1. The first-order valence-electron chi connectivity index (χ1n) is 3.18. The number of hydrogen-bond acceptors (Lipinski definition) is 4. The second-order valence-corrected chi connectivity index (χ2v) is 3.09. The van der Waals surface area contributed by atoms with Crippen LogP contribution in [0.15, 0.2) is 16.6 Å². The minimum absolute atomic E-state index is 0.129. The van der Waals surface area contributed by atoms with Gasteiger partial charge in [-0.2, -0.15) is 0 Å². The molecule has 13 heavy (non-hydrogen) atoms. The van der Waals surface area contributed by atoms with Crippen molar-refractivity contribution < 1.29 is 14.8 Å². The summed E-state index contributed by atoms with van der Waals surface area (Å²) in [7, 11) is 0. The molecule has 0 saturated heterocycles. The summed E-state index contributed by atoms with van der Waals surface area (Å²) in [6.07, 6.45) is 0.469. The number of rotatable bonds is 2. The normalized spacial score (nSPS) is 9.62. The first-order chi connectivity index (χ1) is 6.06. The number of nitro benzene ring substituents is 1. The van der Waals surface area contributed by atoms with Gasteiger partial charge in [0, 0.05) is 22.2 Å². The average molecular weight is 246 g/mol. The zero-order chi connectivity index (χ0) is 10.0. The number of phenolic OH excluding ortho intramolecular Hbond substituents is 1. The van der Waals surface area contributed by atoms with Gasteiger partial charge in [0.25, 0.3) is 0 Å². The fourth-order valence-corrected chi connectivity index (χ4v) is 1.23. The summed E-state index contributed by atoms with van der Waals surface area (Å²) in [5, 5.41) is 19.4. The van der Waals surface area contributed by atoms with Crippen molar-refractivity contribution in [3.8, 4) is 5.75 Å². The van der Waals surface area contributed by atoms with Crippen molar-refractivity contribution in [1.82, 2.24) is 0 Å². The topological polar surface area (TPSA) is 80.4 Å². The van der Waals surface area contributed by atoms with Crippen molar-refractivity contribution in [1.29, 1.82) is 0 Å². The van der Waals surface area contributed by atoms with Crippen LogP contribution in [0.3, 0.4) is 0 Å². The summed E-state index contributed by atoms with van der Waals surface area (Å²) in [6.45, 7) is 0. The summed E-state index contributed by atoms with van der Waals surface area (Å²) >= 11 is 2.98. The third-order valence-electron chi connectivity index (χ3n) is 1.42. The maximum atomic E-state index is 10.4. The number of phenols is 1. The Hall–Kier alpha value is -1.43. The molecule has 1 aromatic carbocycles. The molecule has 0 spiro atoms. The molecule has 1 aromatic rings. The van der Waals surface area contributed by atoms with Crippen LogP contribution in [0.5, 0.6) is 5.75 Å². The number of aromatic hydroxyl groups is 1. The van der Waals surface area contributed by atoms with Crippen LogP contribution < -0.4 is 0 Å². The SMILES string of the molecule is O=Cc1cc([N+](=O)[O-])c(O)cc1Br. The molecule has 0 aliphatic carbocycles. The van der Waals surface area contributed by atoms with Crippen molar-refractivity contribution in [2.45, 2.75) is 0 Å². The minimum Gasteiger partial charge on any atom is -0.502 e. The lowest BCUT2D eigenvalue weighted by Gasteiger charge is -1.98. The molecule has 0 fully saturated rings. The second kappa shape index (κ2) is 3.53. The first-order valence-corrected chi connectivity index (χ1v) is 3.97. The Morgan fingerprint density at radius 2 is 2.15 bits per heavy atom. The van der Waals surface area contributed by atoms with Gasteiger partial charge in [-0.3, -0.25) is 14.9 Å². The summed E-state index contributed by atoms with van der Waals surface area (Å²) in [5.41, 5.74) is -0.352. The molecule has 1 N–H and O–H groups in total. The van der Waals surface area contributed by atoms with Crippen LogP contribution in [-0.4, -0.2) is 16.3 Å². The van der Waals surface area contributed by atoms with Crippen LogP contribution in [0.25, 0.3) is 0 Å². The number of carbonyl (C=O) groups is 1. The zero-order valence-electron chi connectivity index (χ0n) is 6.23. The van der Waals surface area contributed by atoms with Crippen LogP contribution in [0.4, 0.5) is 5.69 Å². The number of carbonyl (C=O) groups excluding carboxylic acids is 1. The molecule has 0 radical (unpaired) electrons. The molecule has 0 unspecified atom stereocenters. The van der Waals surface area contributed by atoms with E-state index in [1.54, 1.807) is 0 Å². The maximum absolute atomic E-state index is 10.4. The van der Waals surface area contributed by atoms with Gasteiger partial charge < -0.3 is 5.11 Å². The Kier molecular flexibility index (Phi) is 2.62. The highest BCUT2D eigenvalue weighted by Crippen LogP contribution is 2.31. The Morgan fingerprint density at radius 3 is 2.62 bits per heavy atom. The molecule has 68 valence electrons. The summed E-state index contributed by atoms with van der Waals surface area (Å²) in [5.74, 6) is -0.470. The highest BCUT2D eigenvalue weighted by atomic mass is 79.9. The van der Waals surface area contributed by atoms with Crippen molar-refractivity contribution in [2.75, 3.05) is 0 Å². The Bertz CT molecular complexity index is 377. The molecule has 1 rings (SSSR count). The van der Waals surface area contributed by atoms with Crippen molar-refractivity contribution in [2.24, 2.45) is 0 Å². The van der Waals surface area contributed by atoms with Gasteiger partial charge in [0.1, 0.15) is 0 Å². The molecule has 0 atom stereocenters. The van der Waals surface area contributed by atoms with E-state index in [-0.39, 0.29) is 5.56 Å². The molecule has 6 heteroatoms. The van der Waals surface area contributed by atoms with Crippen LogP contribution in [-0.2, 0) is 0 Å². The number of hydrogen-bond donors (Lipinski definition) is 1. The standard InChI is InChI=1S/C7H4BrNO4/c8-5-2-7(11)6(9(12)13)1-4(5)3-10/h1-3,11H. The van der Waals surface area contributed by atoms with Gasteiger partial charge in [-0.25, -0.2) is 0 Å². The van der Waals surface area contributed by atoms with Crippen molar-refractivity contribution >= 4 is 27.9 Å². The van der Waals surface area contributed by atoms with Gasteiger partial charge in [-0.05, 0) is 15.9 Å². The van der Waals surface area contributed by atoms with Crippen LogP contribution in [0.1, 0.15) is 10.4 Å². The van der Waals surface area contributed by atoms with Crippen molar-refractivity contribution in [3.05, 3.63) is 32.3 Å². The third-order valence-corrected chi connectivity index (χ3v) is 2.10. The van der Waals surface area contributed by atoms with E-state index < -0.39 is 16.4 Å². The van der Waals surface area contributed by atoms with Gasteiger partial charge in [-0.1, -0.05) is 0 Å². The number of halogens is 1. The van der Waals surface area contributed by atoms with Crippen molar-refractivity contribution in [3.63, 3.8) is 0 Å². The van der Waals surface area contributed by atoms with Gasteiger partial charge in [0.05, 0.1) is 4.92 Å². The smallest absolute Gasteiger partial charge is 0.311 e. The Morgan fingerprint density at radius 1 is 1.54 bits per heavy atom. The minimum atomic E-state index is -0.755. The van der Waals surface area contributed by atoms with E-state index in [2.05, 4.69) is 15.9 Å².